The zero-order valence-electron chi connectivity index (χ0n) is 8.30. The van der Waals surface area contributed by atoms with Gasteiger partial charge in [0, 0.05) is 19.7 Å². The molecule has 0 aliphatic carbocycles. The van der Waals surface area contributed by atoms with Gasteiger partial charge in [0.05, 0.1) is 6.61 Å². The highest BCUT2D eigenvalue weighted by atomic mass is 16.5. The van der Waals surface area contributed by atoms with E-state index in [-0.39, 0.29) is 0 Å². The molecular weight excluding hydrogens is 164 g/mol. The Balaban J connectivity index is 1.61. The van der Waals surface area contributed by atoms with Gasteiger partial charge in [-0.15, -0.1) is 0 Å². The van der Waals surface area contributed by atoms with Crippen LogP contribution in [0.3, 0.4) is 0 Å². The average molecular weight is 184 g/mol. The highest BCUT2D eigenvalue weighted by molar-refractivity contribution is 4.76. The highest BCUT2D eigenvalue weighted by Gasteiger charge is 2.18. The van der Waals surface area contributed by atoms with Gasteiger partial charge in [-0.25, -0.2) is 0 Å². The topological polar surface area (TPSA) is 24.5 Å². The summed E-state index contributed by atoms with van der Waals surface area (Å²) in [5.41, 5.74) is 0. The van der Waals surface area contributed by atoms with Gasteiger partial charge in [0.25, 0.3) is 0 Å². The number of rotatable bonds is 3. The molecule has 2 saturated heterocycles. The number of hydrogen-bond acceptors (Lipinski definition) is 3. The lowest BCUT2D eigenvalue weighted by Gasteiger charge is -2.29. The van der Waals surface area contributed by atoms with Crippen LogP contribution in [0, 0.1) is 5.92 Å². The molecule has 0 aromatic rings. The first-order chi connectivity index (χ1) is 6.45. The standard InChI is InChI=1S/C10H20N2O/c1-3-12(5-7-13-6-1)4-2-10-8-11-9-10/h10-11H,1-9H2. The van der Waals surface area contributed by atoms with E-state index >= 15 is 0 Å². The van der Waals surface area contributed by atoms with E-state index in [9.17, 15) is 0 Å². The van der Waals surface area contributed by atoms with E-state index in [1.807, 2.05) is 0 Å². The molecule has 2 rings (SSSR count). The Kier molecular flexibility index (Phi) is 3.58. The summed E-state index contributed by atoms with van der Waals surface area (Å²) < 4.78 is 5.42. The molecule has 76 valence electrons. The molecule has 0 spiro atoms. The second-order valence-corrected chi connectivity index (χ2v) is 4.12. The summed E-state index contributed by atoms with van der Waals surface area (Å²) in [4.78, 5) is 2.55. The van der Waals surface area contributed by atoms with E-state index in [4.69, 9.17) is 4.74 Å². The van der Waals surface area contributed by atoms with Crippen molar-refractivity contribution in [2.45, 2.75) is 12.8 Å². The SMILES string of the molecule is C1COCCN(CCC2CNC2)C1. The maximum absolute atomic E-state index is 5.42. The Labute approximate surface area is 80.4 Å². The predicted octanol–water partition coefficient (Wildman–Crippen LogP) is 0.318. The molecule has 0 aromatic heterocycles. The van der Waals surface area contributed by atoms with Crippen molar-refractivity contribution in [1.82, 2.24) is 10.2 Å². The molecule has 0 unspecified atom stereocenters. The molecule has 0 bridgehead atoms. The maximum Gasteiger partial charge on any atom is 0.0593 e. The summed E-state index contributed by atoms with van der Waals surface area (Å²) in [5, 5.41) is 3.32. The molecule has 0 saturated carbocycles. The molecule has 2 aliphatic heterocycles. The predicted molar refractivity (Wildman–Crippen MR) is 52.9 cm³/mol. The van der Waals surface area contributed by atoms with Crippen molar-refractivity contribution >= 4 is 0 Å². The largest absolute Gasteiger partial charge is 0.380 e. The van der Waals surface area contributed by atoms with Gasteiger partial charge in [-0.1, -0.05) is 0 Å². The average Bonchev–Trinajstić information content (AvgIpc) is 2.30. The van der Waals surface area contributed by atoms with Crippen LogP contribution in [0.25, 0.3) is 0 Å². The Morgan fingerprint density at radius 3 is 2.92 bits per heavy atom. The van der Waals surface area contributed by atoms with Crippen molar-refractivity contribution in [2.24, 2.45) is 5.92 Å². The zero-order chi connectivity index (χ0) is 8.93. The molecule has 2 fully saturated rings. The Morgan fingerprint density at radius 2 is 2.15 bits per heavy atom. The molecule has 1 N–H and O–H groups in total. The number of hydrogen-bond donors (Lipinski definition) is 1. The van der Waals surface area contributed by atoms with Crippen LogP contribution in [0.2, 0.25) is 0 Å². The lowest BCUT2D eigenvalue weighted by Crippen LogP contribution is -2.43. The third kappa shape index (κ3) is 2.93. The lowest BCUT2D eigenvalue weighted by atomic mass is 9.99. The summed E-state index contributed by atoms with van der Waals surface area (Å²) in [6.07, 6.45) is 2.58. The quantitative estimate of drug-likeness (QED) is 0.683. The zero-order valence-corrected chi connectivity index (χ0v) is 8.30. The van der Waals surface area contributed by atoms with Gasteiger partial charge >= 0.3 is 0 Å². The summed E-state index contributed by atoms with van der Waals surface area (Å²) >= 11 is 0. The Bertz CT molecular complexity index is 140. The van der Waals surface area contributed by atoms with Crippen molar-refractivity contribution in [2.75, 3.05) is 45.9 Å². The third-order valence-electron chi connectivity index (χ3n) is 3.03. The summed E-state index contributed by atoms with van der Waals surface area (Å²) in [7, 11) is 0. The summed E-state index contributed by atoms with van der Waals surface area (Å²) in [5.74, 6) is 0.948. The summed E-state index contributed by atoms with van der Waals surface area (Å²) in [6, 6.07) is 0. The van der Waals surface area contributed by atoms with Gasteiger partial charge in [0.2, 0.25) is 0 Å². The van der Waals surface area contributed by atoms with Gasteiger partial charge in [-0.05, 0) is 38.4 Å². The molecule has 13 heavy (non-hydrogen) atoms. The molecule has 2 aliphatic rings. The van der Waals surface area contributed by atoms with E-state index in [0.717, 1.165) is 25.7 Å². The van der Waals surface area contributed by atoms with Gasteiger partial charge < -0.3 is 15.0 Å². The number of ether oxygens (including phenoxy) is 1. The third-order valence-corrected chi connectivity index (χ3v) is 3.03. The van der Waals surface area contributed by atoms with Crippen molar-refractivity contribution < 1.29 is 4.74 Å². The first-order valence-corrected chi connectivity index (χ1v) is 5.46. The molecule has 3 nitrogen and oxygen atoms in total. The van der Waals surface area contributed by atoms with Crippen LogP contribution in [0.15, 0.2) is 0 Å². The van der Waals surface area contributed by atoms with Gasteiger partial charge in [0.15, 0.2) is 0 Å². The second kappa shape index (κ2) is 4.94. The molecule has 0 radical (unpaired) electrons. The van der Waals surface area contributed by atoms with Crippen molar-refractivity contribution in [3.05, 3.63) is 0 Å². The number of nitrogens with zero attached hydrogens (tertiary/aromatic N) is 1. The Hall–Kier alpha value is -0.120. The fraction of sp³-hybridized carbons (Fsp3) is 1.00. The minimum Gasteiger partial charge on any atom is -0.380 e. The first-order valence-electron chi connectivity index (χ1n) is 5.46. The van der Waals surface area contributed by atoms with E-state index in [2.05, 4.69) is 10.2 Å². The van der Waals surface area contributed by atoms with E-state index in [1.165, 1.54) is 39.0 Å². The highest BCUT2D eigenvalue weighted by Crippen LogP contribution is 2.10. The maximum atomic E-state index is 5.42. The van der Waals surface area contributed by atoms with E-state index < -0.39 is 0 Å². The normalized spacial score (nSPS) is 26.8. The van der Waals surface area contributed by atoms with Crippen molar-refractivity contribution in [3.8, 4) is 0 Å². The van der Waals surface area contributed by atoms with E-state index in [1.54, 1.807) is 0 Å². The molecule has 0 atom stereocenters. The second-order valence-electron chi connectivity index (χ2n) is 4.12. The lowest BCUT2D eigenvalue weighted by molar-refractivity contribution is 0.139. The van der Waals surface area contributed by atoms with Crippen LogP contribution in [0.1, 0.15) is 12.8 Å². The minimum atomic E-state index is 0.933. The van der Waals surface area contributed by atoms with Crippen LogP contribution in [-0.4, -0.2) is 50.8 Å². The molecule has 0 aromatic carbocycles. The van der Waals surface area contributed by atoms with Gasteiger partial charge in [-0.3, -0.25) is 0 Å². The summed E-state index contributed by atoms with van der Waals surface area (Å²) in [6.45, 7) is 8.02. The molecule has 0 amide bonds. The number of nitrogens with one attached hydrogen (secondary N) is 1. The van der Waals surface area contributed by atoms with Crippen molar-refractivity contribution in [3.63, 3.8) is 0 Å². The van der Waals surface area contributed by atoms with Crippen LogP contribution in [-0.2, 0) is 4.74 Å². The van der Waals surface area contributed by atoms with E-state index in [0.29, 0.717) is 0 Å². The van der Waals surface area contributed by atoms with Gasteiger partial charge in [0.1, 0.15) is 0 Å². The van der Waals surface area contributed by atoms with Crippen LogP contribution < -0.4 is 5.32 Å². The molecular formula is C10H20N2O. The van der Waals surface area contributed by atoms with Crippen LogP contribution >= 0.6 is 0 Å². The fourth-order valence-electron chi connectivity index (χ4n) is 1.94. The Morgan fingerprint density at radius 1 is 1.23 bits per heavy atom. The minimum absolute atomic E-state index is 0.933. The fourth-order valence-corrected chi connectivity index (χ4v) is 1.94. The smallest absolute Gasteiger partial charge is 0.0593 e. The van der Waals surface area contributed by atoms with Crippen molar-refractivity contribution in [1.29, 1.82) is 0 Å². The monoisotopic (exact) mass is 184 g/mol. The molecule has 2 heterocycles. The molecule has 3 heteroatoms. The van der Waals surface area contributed by atoms with Gasteiger partial charge in [-0.2, -0.15) is 0 Å². The van der Waals surface area contributed by atoms with Crippen LogP contribution in [0.4, 0.5) is 0 Å². The first kappa shape index (κ1) is 9.44. The van der Waals surface area contributed by atoms with Crippen LogP contribution in [0.5, 0.6) is 0 Å².